The van der Waals surface area contributed by atoms with Crippen molar-refractivity contribution in [3.63, 3.8) is 0 Å². The van der Waals surface area contributed by atoms with E-state index in [1.54, 1.807) is 0 Å². The van der Waals surface area contributed by atoms with Crippen LogP contribution in [0.1, 0.15) is 36.5 Å². The van der Waals surface area contributed by atoms with E-state index in [9.17, 15) is 0 Å². The van der Waals surface area contributed by atoms with Gasteiger partial charge in [0.2, 0.25) is 0 Å². The Bertz CT molecular complexity index is 414. The van der Waals surface area contributed by atoms with Gasteiger partial charge in [-0.05, 0) is 69.8 Å². The molecule has 1 aliphatic rings. The van der Waals surface area contributed by atoms with E-state index < -0.39 is 0 Å². The predicted molar refractivity (Wildman–Crippen MR) is 84.4 cm³/mol. The maximum Gasteiger partial charge on any atom is 0.125 e. The average Bonchev–Trinajstić information content (AvgIpc) is 2.84. The molecule has 2 rings (SSSR count). The van der Waals surface area contributed by atoms with Crippen molar-refractivity contribution in [1.29, 1.82) is 0 Å². The van der Waals surface area contributed by atoms with E-state index in [-0.39, 0.29) is 6.04 Å². The summed E-state index contributed by atoms with van der Waals surface area (Å²) in [5.41, 5.74) is 9.63. The van der Waals surface area contributed by atoms with Gasteiger partial charge in [-0.1, -0.05) is 12.1 Å². The van der Waals surface area contributed by atoms with Crippen LogP contribution < -0.4 is 10.5 Å². The van der Waals surface area contributed by atoms with Crippen molar-refractivity contribution in [3.05, 3.63) is 28.8 Å². The van der Waals surface area contributed by atoms with E-state index in [0.717, 1.165) is 25.3 Å². The van der Waals surface area contributed by atoms with Crippen LogP contribution >= 0.6 is 0 Å². The molecule has 1 saturated heterocycles. The summed E-state index contributed by atoms with van der Waals surface area (Å²) in [4.78, 5) is 2.48. The lowest BCUT2D eigenvalue weighted by molar-refractivity contribution is 0.236. The van der Waals surface area contributed by atoms with Crippen LogP contribution in [0.5, 0.6) is 5.75 Å². The number of aryl methyl sites for hydroxylation is 2. The van der Waals surface area contributed by atoms with Crippen molar-refractivity contribution in [2.24, 2.45) is 5.73 Å². The SMILES string of the molecule is Cc1cc(CC(C)N)cc(C)c1OCCN1CCCC1. The van der Waals surface area contributed by atoms with Crippen LogP contribution in [0.3, 0.4) is 0 Å². The second-order valence-corrected chi connectivity index (χ2v) is 6.14. The summed E-state index contributed by atoms with van der Waals surface area (Å²) >= 11 is 0. The number of hydrogen-bond acceptors (Lipinski definition) is 3. The van der Waals surface area contributed by atoms with Crippen molar-refractivity contribution in [2.45, 2.75) is 46.1 Å². The molecular weight excluding hydrogens is 248 g/mol. The number of hydrogen-bond donors (Lipinski definition) is 1. The largest absolute Gasteiger partial charge is 0.492 e. The number of benzene rings is 1. The topological polar surface area (TPSA) is 38.5 Å². The van der Waals surface area contributed by atoms with Gasteiger partial charge in [0, 0.05) is 12.6 Å². The van der Waals surface area contributed by atoms with Gasteiger partial charge in [0.25, 0.3) is 0 Å². The first kappa shape index (κ1) is 15.3. The van der Waals surface area contributed by atoms with E-state index in [4.69, 9.17) is 10.5 Å². The normalized spacial score (nSPS) is 17.4. The van der Waals surface area contributed by atoms with Crippen molar-refractivity contribution in [3.8, 4) is 5.75 Å². The number of nitrogens with two attached hydrogens (primary N) is 1. The summed E-state index contributed by atoms with van der Waals surface area (Å²) in [6.07, 6.45) is 3.60. The fourth-order valence-corrected chi connectivity index (χ4v) is 3.04. The van der Waals surface area contributed by atoms with Gasteiger partial charge in [-0.3, -0.25) is 4.90 Å². The lowest BCUT2D eigenvalue weighted by Crippen LogP contribution is -2.25. The Kier molecular flexibility index (Phi) is 5.44. The molecule has 1 fully saturated rings. The summed E-state index contributed by atoms with van der Waals surface area (Å²) in [5.74, 6) is 1.05. The van der Waals surface area contributed by atoms with Gasteiger partial charge in [0.1, 0.15) is 12.4 Å². The molecule has 0 radical (unpaired) electrons. The van der Waals surface area contributed by atoms with Crippen LogP contribution in [0.2, 0.25) is 0 Å². The van der Waals surface area contributed by atoms with Crippen LogP contribution in [0.25, 0.3) is 0 Å². The summed E-state index contributed by atoms with van der Waals surface area (Å²) < 4.78 is 6.02. The number of nitrogens with zero attached hydrogens (tertiary/aromatic N) is 1. The van der Waals surface area contributed by atoms with Gasteiger partial charge in [-0.25, -0.2) is 0 Å². The molecule has 3 heteroatoms. The van der Waals surface area contributed by atoms with Gasteiger partial charge < -0.3 is 10.5 Å². The third-order valence-corrected chi connectivity index (χ3v) is 3.93. The molecule has 1 aromatic carbocycles. The lowest BCUT2D eigenvalue weighted by atomic mass is 10.0. The molecule has 112 valence electrons. The molecule has 0 amide bonds. The zero-order valence-electron chi connectivity index (χ0n) is 13.1. The van der Waals surface area contributed by atoms with Crippen molar-refractivity contribution >= 4 is 0 Å². The Morgan fingerprint density at radius 3 is 2.35 bits per heavy atom. The molecule has 20 heavy (non-hydrogen) atoms. The molecule has 1 heterocycles. The Balaban J connectivity index is 1.93. The first-order valence-electron chi connectivity index (χ1n) is 7.77. The van der Waals surface area contributed by atoms with Gasteiger partial charge in [-0.2, -0.15) is 0 Å². The second kappa shape index (κ2) is 7.09. The van der Waals surface area contributed by atoms with E-state index in [1.165, 1.54) is 42.6 Å². The molecule has 0 bridgehead atoms. The fraction of sp³-hybridized carbons (Fsp3) is 0.647. The first-order chi connectivity index (χ1) is 9.56. The van der Waals surface area contributed by atoms with Crippen LogP contribution in [0.4, 0.5) is 0 Å². The molecule has 0 aromatic heterocycles. The molecule has 3 nitrogen and oxygen atoms in total. The minimum absolute atomic E-state index is 0.204. The standard InChI is InChI=1S/C17H28N2O/c1-13-10-16(12-15(3)18)11-14(2)17(13)20-9-8-19-6-4-5-7-19/h10-11,15H,4-9,12,18H2,1-3H3. The molecular formula is C17H28N2O. The predicted octanol–water partition coefficient (Wildman–Crippen LogP) is 2.67. The Hall–Kier alpha value is -1.06. The third-order valence-electron chi connectivity index (χ3n) is 3.93. The van der Waals surface area contributed by atoms with Gasteiger partial charge in [-0.15, -0.1) is 0 Å². The fourth-order valence-electron chi connectivity index (χ4n) is 3.04. The van der Waals surface area contributed by atoms with Crippen LogP contribution in [-0.2, 0) is 6.42 Å². The highest BCUT2D eigenvalue weighted by atomic mass is 16.5. The summed E-state index contributed by atoms with van der Waals surface area (Å²) in [6, 6.07) is 4.62. The van der Waals surface area contributed by atoms with E-state index in [1.807, 2.05) is 6.92 Å². The maximum absolute atomic E-state index is 6.02. The van der Waals surface area contributed by atoms with Crippen LogP contribution in [0.15, 0.2) is 12.1 Å². The van der Waals surface area contributed by atoms with Gasteiger partial charge in [0.15, 0.2) is 0 Å². The molecule has 1 aliphatic heterocycles. The summed E-state index contributed by atoms with van der Waals surface area (Å²) in [5, 5.41) is 0. The number of likely N-dealkylation sites (tertiary alicyclic amines) is 1. The first-order valence-corrected chi connectivity index (χ1v) is 7.77. The van der Waals surface area contributed by atoms with E-state index in [2.05, 4.69) is 30.9 Å². The highest BCUT2D eigenvalue weighted by molar-refractivity contribution is 5.43. The molecule has 1 unspecified atom stereocenters. The molecule has 2 N–H and O–H groups in total. The summed E-state index contributed by atoms with van der Waals surface area (Å²) in [7, 11) is 0. The minimum atomic E-state index is 0.204. The molecule has 1 atom stereocenters. The number of ether oxygens (including phenoxy) is 1. The quantitative estimate of drug-likeness (QED) is 0.868. The highest BCUT2D eigenvalue weighted by Gasteiger charge is 2.12. The second-order valence-electron chi connectivity index (χ2n) is 6.14. The van der Waals surface area contributed by atoms with Crippen LogP contribution in [0, 0.1) is 13.8 Å². The van der Waals surface area contributed by atoms with Crippen molar-refractivity contribution < 1.29 is 4.74 Å². The Morgan fingerprint density at radius 2 is 1.80 bits per heavy atom. The Labute approximate surface area is 123 Å². The monoisotopic (exact) mass is 276 g/mol. The molecule has 1 aromatic rings. The Morgan fingerprint density at radius 1 is 1.20 bits per heavy atom. The summed E-state index contributed by atoms with van der Waals surface area (Å²) in [6.45, 7) is 10.6. The average molecular weight is 276 g/mol. The van der Waals surface area contributed by atoms with Crippen molar-refractivity contribution in [1.82, 2.24) is 4.90 Å². The maximum atomic E-state index is 6.02. The zero-order valence-corrected chi connectivity index (χ0v) is 13.1. The van der Waals surface area contributed by atoms with Crippen molar-refractivity contribution in [2.75, 3.05) is 26.2 Å². The zero-order chi connectivity index (χ0) is 14.5. The molecule has 0 saturated carbocycles. The van der Waals surface area contributed by atoms with Crippen LogP contribution in [-0.4, -0.2) is 37.2 Å². The smallest absolute Gasteiger partial charge is 0.125 e. The third kappa shape index (κ3) is 4.22. The van der Waals surface area contributed by atoms with E-state index in [0.29, 0.717) is 0 Å². The minimum Gasteiger partial charge on any atom is -0.492 e. The van der Waals surface area contributed by atoms with Gasteiger partial charge in [0.05, 0.1) is 0 Å². The number of rotatable bonds is 6. The molecule has 0 aliphatic carbocycles. The molecule has 0 spiro atoms. The van der Waals surface area contributed by atoms with E-state index >= 15 is 0 Å². The van der Waals surface area contributed by atoms with Gasteiger partial charge >= 0.3 is 0 Å². The highest BCUT2D eigenvalue weighted by Crippen LogP contribution is 2.25. The lowest BCUT2D eigenvalue weighted by Gasteiger charge is -2.18.